The lowest BCUT2D eigenvalue weighted by Crippen LogP contribution is -2.23. The zero-order valence-electron chi connectivity index (χ0n) is 77.1. The molecule has 0 aliphatic carbocycles. The molecule has 104 heavy (non-hydrogen) atoms. The summed E-state index contributed by atoms with van der Waals surface area (Å²) in [6.07, 6.45) is 22.0. The maximum absolute atomic E-state index is 11.1. The summed E-state index contributed by atoms with van der Waals surface area (Å²) < 4.78 is 4.95. The molecule has 0 radical (unpaired) electrons. The third kappa shape index (κ3) is 81.3. The van der Waals surface area contributed by atoms with Gasteiger partial charge in [0, 0.05) is 89.2 Å². The van der Waals surface area contributed by atoms with E-state index in [1.54, 1.807) is 43.4 Å². The van der Waals surface area contributed by atoms with E-state index in [9.17, 15) is 9.59 Å². The van der Waals surface area contributed by atoms with Crippen molar-refractivity contribution in [3.8, 4) is 0 Å². The molecular weight excluding hydrogens is 1280 g/mol. The molecule has 7 rings (SSSR count). The van der Waals surface area contributed by atoms with E-state index in [4.69, 9.17) is 0 Å². The second-order valence-electron chi connectivity index (χ2n) is 43.7. The summed E-state index contributed by atoms with van der Waals surface area (Å²) in [6.45, 7) is 98.0. The summed E-state index contributed by atoms with van der Waals surface area (Å²) in [5, 5.41) is 4.10. The van der Waals surface area contributed by atoms with Gasteiger partial charge in [0.1, 0.15) is 6.33 Å². The van der Waals surface area contributed by atoms with Gasteiger partial charge < -0.3 is 9.13 Å². The average Bonchev–Trinajstić information content (AvgIpc) is 1.09. The molecule has 6 heterocycles. The molecule has 11 nitrogen and oxygen atoms in total. The molecule has 7 aromatic rings. The Labute approximate surface area is 644 Å². The first-order valence-corrected chi connectivity index (χ1v) is 37.6. The van der Waals surface area contributed by atoms with Crippen LogP contribution < -0.4 is 11.2 Å². The van der Waals surface area contributed by atoms with E-state index in [-0.39, 0.29) is 43.7 Å². The number of pyridine rings is 3. The third-order valence-corrected chi connectivity index (χ3v) is 11.5. The molecule has 0 aliphatic heterocycles. The van der Waals surface area contributed by atoms with E-state index in [0.29, 0.717) is 37.9 Å². The molecule has 0 unspecified atom stereocenters. The zero-order valence-corrected chi connectivity index (χ0v) is 77.1. The van der Waals surface area contributed by atoms with Crippen molar-refractivity contribution >= 4 is 0 Å². The largest absolute Gasteiger partial charge is 0.347 e. The normalized spacial score (nSPS) is 11.7. The highest BCUT2D eigenvalue weighted by Gasteiger charge is 2.18. The second-order valence-corrected chi connectivity index (χ2v) is 43.7. The summed E-state index contributed by atoms with van der Waals surface area (Å²) in [7, 11) is 5.43. The minimum absolute atomic E-state index is 0.0444. The predicted molar refractivity (Wildman–Crippen MR) is 463 cm³/mol. The van der Waals surface area contributed by atoms with Crippen LogP contribution in [0.4, 0.5) is 0 Å². The lowest BCUT2D eigenvalue weighted by atomic mass is 9.87. The number of hydrogen-bond donors (Lipinski definition) is 0. The first-order valence-electron chi connectivity index (χ1n) is 37.6. The van der Waals surface area contributed by atoms with Crippen molar-refractivity contribution in [1.29, 1.82) is 0 Å². The van der Waals surface area contributed by atoms with Gasteiger partial charge >= 0.3 is 5.69 Å². The summed E-state index contributed by atoms with van der Waals surface area (Å²) in [5.74, 6) is 0. The standard InChI is InChI=1S/C10H15NO.C10H14.C9H14N2O.2C9H13N.C8H14N2.C8H12N2.6C5H12/c1-10(2,3)8-5-6-9(12)11(4)7-8;1-10(2,3)9-7-5-4-6-8-9;1-9(2,3)7-5-10-8(12)11(4)6-7;1-9(2,3)8-4-6-10-7-5-8;1-9(2,3)8-5-4-6-10-7-8;1-8(2,3)7-5-9-10(4)6-7;1-8(2,3)7-4-9-6-10-5-7;6*1-5(2,3)4/h5-7H,1-4H3;4-8H,1-3H3;5-6H,1-4H3;2*4-7H,1-3H3;5-6H,1-4H3;4-6H,1-3H3;6*1-4H3. The summed E-state index contributed by atoms with van der Waals surface area (Å²) in [5.41, 5.74) is 12.9. The molecule has 0 spiro atoms. The van der Waals surface area contributed by atoms with Crippen LogP contribution in [0.2, 0.25) is 0 Å². The number of aryl methyl sites for hydroxylation is 3. The van der Waals surface area contributed by atoms with Crippen LogP contribution in [0.25, 0.3) is 0 Å². The van der Waals surface area contributed by atoms with Gasteiger partial charge in [-0.05, 0) is 128 Å². The van der Waals surface area contributed by atoms with Gasteiger partial charge in [-0.2, -0.15) is 5.10 Å². The van der Waals surface area contributed by atoms with Crippen molar-refractivity contribution in [1.82, 2.24) is 43.8 Å². The second kappa shape index (κ2) is 47.3. The number of benzene rings is 1. The van der Waals surface area contributed by atoms with Gasteiger partial charge in [-0.3, -0.25) is 19.4 Å². The molecule has 0 aliphatic rings. The van der Waals surface area contributed by atoms with Gasteiger partial charge in [-0.25, -0.2) is 19.7 Å². The van der Waals surface area contributed by atoms with Crippen LogP contribution >= 0.6 is 0 Å². The summed E-state index contributed by atoms with van der Waals surface area (Å²) in [6, 6.07) is 22.2. The van der Waals surface area contributed by atoms with Gasteiger partial charge in [0.05, 0.1) is 6.20 Å². The smallest absolute Gasteiger partial charge is 0.318 e. The Kier molecular flexibility index (Phi) is 49.4. The Morgan fingerprint density at radius 2 is 0.548 bits per heavy atom. The van der Waals surface area contributed by atoms with Crippen LogP contribution in [-0.2, 0) is 59.0 Å². The van der Waals surface area contributed by atoms with Crippen molar-refractivity contribution in [3.05, 3.63) is 201 Å². The predicted octanol–water partition coefficient (Wildman–Crippen LogP) is 26.3. The molecule has 0 N–H and O–H groups in total. The maximum Gasteiger partial charge on any atom is 0.347 e. The van der Waals surface area contributed by atoms with Gasteiger partial charge in [0.2, 0.25) is 5.56 Å². The minimum atomic E-state index is -0.206. The molecule has 6 aromatic heterocycles. The zero-order chi connectivity index (χ0) is 83.9. The number of aromatic nitrogens is 9. The van der Waals surface area contributed by atoms with Crippen LogP contribution in [0.15, 0.2) is 151 Å². The minimum Gasteiger partial charge on any atom is -0.318 e. The number of nitrogens with zero attached hydrogens (tertiary/aromatic N) is 9. The van der Waals surface area contributed by atoms with Gasteiger partial charge in [-0.1, -0.05) is 354 Å². The fraction of sp³-hybridized carbons (Fsp3) is 0.656. The SMILES string of the molecule is CC(C)(C)C.CC(C)(C)C.CC(C)(C)C.CC(C)(C)C.CC(C)(C)C.CC(C)(C)C.CC(C)(C)c1ccccc1.CC(C)(C)c1cccnc1.CC(C)(C)c1ccncc1.CC(C)(C)c1cncnc1.Cn1cc(C(C)(C)C)ccc1=O.Cn1cc(C(C)(C)C)cn1.Cn1cc(C(C)(C)C)cnc1=O. The highest BCUT2D eigenvalue weighted by atomic mass is 16.1. The quantitative estimate of drug-likeness (QED) is 0.147. The maximum atomic E-state index is 11.1. The molecule has 0 atom stereocenters. The highest BCUT2D eigenvalue weighted by molar-refractivity contribution is 5.23. The lowest BCUT2D eigenvalue weighted by Gasteiger charge is -2.19. The van der Waals surface area contributed by atoms with Crippen molar-refractivity contribution in [2.45, 2.75) is 349 Å². The molecule has 11 heteroatoms. The molecule has 1 aromatic carbocycles. The fourth-order valence-electron chi connectivity index (χ4n) is 6.03. The molecule has 596 valence electrons. The molecule has 0 bridgehead atoms. The van der Waals surface area contributed by atoms with Gasteiger partial charge in [0.25, 0.3) is 0 Å². The molecule has 0 saturated carbocycles. The van der Waals surface area contributed by atoms with Gasteiger partial charge in [0.15, 0.2) is 0 Å². The van der Waals surface area contributed by atoms with Crippen LogP contribution in [0.5, 0.6) is 0 Å². The summed E-state index contributed by atoms with van der Waals surface area (Å²) in [4.78, 5) is 41.7. The highest BCUT2D eigenvalue weighted by Crippen LogP contribution is 2.25. The Balaban J connectivity index is -0.000000254. The van der Waals surface area contributed by atoms with E-state index >= 15 is 0 Å². The van der Waals surface area contributed by atoms with E-state index in [0.717, 1.165) is 5.56 Å². The fourth-order valence-corrected chi connectivity index (χ4v) is 6.03. The van der Waals surface area contributed by atoms with E-state index < -0.39 is 0 Å². The van der Waals surface area contributed by atoms with Gasteiger partial charge in [-0.15, -0.1) is 0 Å². The molecule has 0 amide bonds. The number of rotatable bonds is 0. The first kappa shape index (κ1) is 109. The third-order valence-electron chi connectivity index (χ3n) is 11.5. The Morgan fingerprint density at radius 3 is 0.779 bits per heavy atom. The Bertz CT molecular complexity index is 2960. The monoisotopic (exact) mass is 1440 g/mol. The summed E-state index contributed by atoms with van der Waals surface area (Å²) >= 11 is 0. The topological polar surface area (TPSA) is 126 Å². The van der Waals surface area contributed by atoms with Crippen molar-refractivity contribution < 1.29 is 0 Å². The van der Waals surface area contributed by atoms with Crippen LogP contribution in [-0.4, -0.2) is 43.8 Å². The Hall–Kier alpha value is -6.36. The lowest BCUT2D eigenvalue weighted by molar-refractivity contribution is 0.469. The van der Waals surface area contributed by atoms with E-state index in [2.05, 4.69) is 396 Å². The van der Waals surface area contributed by atoms with Crippen molar-refractivity contribution in [2.75, 3.05) is 0 Å². The first-order chi connectivity index (χ1) is 45.7. The van der Waals surface area contributed by atoms with E-state index in [1.165, 1.54) is 37.9 Å². The van der Waals surface area contributed by atoms with Crippen LogP contribution in [0, 0.1) is 32.5 Å². The van der Waals surface area contributed by atoms with Crippen LogP contribution in [0.3, 0.4) is 0 Å². The molecule has 0 saturated heterocycles. The average molecular weight is 1440 g/mol. The van der Waals surface area contributed by atoms with Crippen molar-refractivity contribution in [2.24, 2.45) is 53.6 Å². The molecule has 0 fully saturated rings. The molecular formula is C93H167N9O2. The van der Waals surface area contributed by atoms with Crippen LogP contribution in [0.1, 0.15) is 351 Å². The Morgan fingerprint density at radius 1 is 0.250 bits per heavy atom. The van der Waals surface area contributed by atoms with Crippen molar-refractivity contribution in [3.63, 3.8) is 0 Å². The number of hydrogen-bond acceptors (Lipinski definition) is 8. The van der Waals surface area contributed by atoms with E-state index in [1.807, 2.05) is 73.4 Å².